The number of carboxylic acid groups (broad SMARTS) is 1. The Kier molecular flexibility index (Phi) is 7.56. The van der Waals surface area contributed by atoms with E-state index in [0.29, 0.717) is 30.3 Å². The van der Waals surface area contributed by atoms with Crippen molar-refractivity contribution in [1.82, 2.24) is 9.97 Å². The van der Waals surface area contributed by atoms with Gasteiger partial charge in [-0.15, -0.1) is 11.3 Å². The van der Waals surface area contributed by atoms with E-state index in [1.165, 1.54) is 11.3 Å². The molecule has 0 bridgehead atoms. The van der Waals surface area contributed by atoms with Crippen LogP contribution in [0.3, 0.4) is 0 Å². The second-order valence-corrected chi connectivity index (χ2v) is 11.3. The molecule has 3 aromatic rings. The van der Waals surface area contributed by atoms with Crippen LogP contribution < -0.4 is 9.80 Å². The number of thiazole rings is 1. The fourth-order valence-corrected chi connectivity index (χ4v) is 5.96. The van der Waals surface area contributed by atoms with Gasteiger partial charge in [0.05, 0.1) is 12.1 Å². The second kappa shape index (κ2) is 11.0. The van der Waals surface area contributed by atoms with Crippen LogP contribution in [0.25, 0.3) is 22.4 Å². The molecule has 1 saturated carbocycles. The lowest BCUT2D eigenvalue weighted by Crippen LogP contribution is -2.39. The molecule has 1 unspecified atom stereocenters. The molecule has 198 valence electrons. The first-order valence-corrected chi connectivity index (χ1v) is 14.1. The Morgan fingerprint density at radius 3 is 2.53 bits per heavy atom. The fraction of sp³-hybridized carbons (Fsp3) is 0.414. The van der Waals surface area contributed by atoms with Gasteiger partial charge in [0.25, 0.3) is 0 Å². The molecule has 2 amide bonds. The van der Waals surface area contributed by atoms with Gasteiger partial charge in [-0.1, -0.05) is 38.1 Å². The van der Waals surface area contributed by atoms with Crippen molar-refractivity contribution in [2.45, 2.75) is 58.4 Å². The minimum atomic E-state index is -0.956. The smallest absolute Gasteiger partial charge is 0.304 e. The van der Waals surface area contributed by atoms with E-state index in [0.717, 1.165) is 41.6 Å². The van der Waals surface area contributed by atoms with Gasteiger partial charge in [0.15, 0.2) is 5.13 Å². The fourth-order valence-electron chi connectivity index (χ4n) is 5.06. The van der Waals surface area contributed by atoms with E-state index >= 15 is 0 Å². The maximum atomic E-state index is 13.6. The van der Waals surface area contributed by atoms with Gasteiger partial charge in [-0.2, -0.15) is 0 Å². The SMILES string of the molecule is CC(C)CC(CC(=O)O)C(=O)N(c1nc(-c2ccccc2-c2ccc(N3CCCC3=O)nc2)cs1)C1CC1. The summed E-state index contributed by atoms with van der Waals surface area (Å²) >= 11 is 1.41. The monoisotopic (exact) mass is 532 g/mol. The van der Waals surface area contributed by atoms with Crippen LogP contribution in [0.15, 0.2) is 48.0 Å². The number of benzene rings is 1. The summed E-state index contributed by atoms with van der Waals surface area (Å²) in [7, 11) is 0. The number of rotatable bonds is 10. The largest absolute Gasteiger partial charge is 0.481 e. The molecule has 38 heavy (non-hydrogen) atoms. The molecule has 2 fully saturated rings. The Hall–Kier alpha value is -3.59. The summed E-state index contributed by atoms with van der Waals surface area (Å²) in [6.45, 7) is 4.71. The van der Waals surface area contributed by atoms with Crippen LogP contribution in [0.2, 0.25) is 0 Å². The molecule has 1 aromatic carbocycles. The molecule has 2 aromatic heterocycles. The van der Waals surface area contributed by atoms with Crippen molar-refractivity contribution in [3.8, 4) is 22.4 Å². The number of aliphatic carboxylic acids is 1. The molecule has 8 nitrogen and oxygen atoms in total. The van der Waals surface area contributed by atoms with Gasteiger partial charge >= 0.3 is 5.97 Å². The highest BCUT2D eigenvalue weighted by Gasteiger charge is 2.39. The van der Waals surface area contributed by atoms with Crippen LogP contribution in [-0.2, 0) is 14.4 Å². The van der Waals surface area contributed by atoms with Crippen LogP contribution >= 0.6 is 11.3 Å². The Morgan fingerprint density at radius 1 is 1.16 bits per heavy atom. The van der Waals surface area contributed by atoms with Gasteiger partial charge in [-0.25, -0.2) is 9.97 Å². The third kappa shape index (κ3) is 5.62. The van der Waals surface area contributed by atoms with Gasteiger partial charge in [0, 0.05) is 47.6 Å². The van der Waals surface area contributed by atoms with Crippen LogP contribution in [0.4, 0.5) is 10.9 Å². The lowest BCUT2D eigenvalue weighted by molar-refractivity contribution is -0.140. The molecule has 5 rings (SSSR count). The van der Waals surface area contributed by atoms with Crippen LogP contribution in [0, 0.1) is 11.8 Å². The number of pyridine rings is 1. The Morgan fingerprint density at radius 2 is 1.92 bits per heavy atom. The molecule has 1 aliphatic heterocycles. The van der Waals surface area contributed by atoms with Gasteiger partial charge in [0.2, 0.25) is 11.8 Å². The third-order valence-corrected chi connectivity index (χ3v) is 7.83. The number of carbonyl (C=O) groups excluding carboxylic acids is 2. The van der Waals surface area contributed by atoms with Crippen molar-refractivity contribution in [1.29, 1.82) is 0 Å². The lowest BCUT2D eigenvalue weighted by atomic mass is 9.93. The number of carboxylic acids is 1. The van der Waals surface area contributed by atoms with Gasteiger partial charge < -0.3 is 5.11 Å². The summed E-state index contributed by atoms with van der Waals surface area (Å²) in [4.78, 5) is 50.1. The number of carbonyl (C=O) groups is 3. The molecular weight excluding hydrogens is 500 g/mol. The van der Waals surface area contributed by atoms with Crippen molar-refractivity contribution in [2.75, 3.05) is 16.3 Å². The van der Waals surface area contributed by atoms with Crippen LogP contribution in [0.5, 0.6) is 0 Å². The van der Waals surface area contributed by atoms with Crippen LogP contribution in [0.1, 0.15) is 52.4 Å². The zero-order valence-electron chi connectivity index (χ0n) is 21.7. The van der Waals surface area contributed by atoms with Gasteiger partial charge in [-0.05, 0) is 49.3 Å². The van der Waals surface area contributed by atoms with Crippen molar-refractivity contribution in [3.05, 3.63) is 48.0 Å². The first-order valence-electron chi connectivity index (χ1n) is 13.2. The predicted molar refractivity (Wildman–Crippen MR) is 148 cm³/mol. The molecule has 1 aliphatic carbocycles. The summed E-state index contributed by atoms with van der Waals surface area (Å²) in [5.41, 5.74) is 3.56. The maximum Gasteiger partial charge on any atom is 0.304 e. The molecule has 0 spiro atoms. The zero-order chi connectivity index (χ0) is 26.8. The van der Waals surface area contributed by atoms with Crippen molar-refractivity contribution in [3.63, 3.8) is 0 Å². The van der Waals surface area contributed by atoms with E-state index in [2.05, 4.69) is 4.98 Å². The van der Waals surface area contributed by atoms with E-state index in [1.807, 2.05) is 55.6 Å². The van der Waals surface area contributed by atoms with E-state index in [-0.39, 0.29) is 30.2 Å². The van der Waals surface area contributed by atoms with Crippen LogP contribution in [-0.4, -0.2) is 45.4 Å². The average Bonchev–Trinajstić information content (AvgIpc) is 3.44. The quantitative estimate of drug-likeness (QED) is 0.363. The average molecular weight is 533 g/mol. The topological polar surface area (TPSA) is 104 Å². The highest BCUT2D eigenvalue weighted by Crippen LogP contribution is 2.39. The Labute approximate surface area is 226 Å². The van der Waals surface area contributed by atoms with E-state index < -0.39 is 11.9 Å². The number of anilines is 2. The minimum absolute atomic E-state index is 0.0743. The maximum absolute atomic E-state index is 13.6. The number of hydrogen-bond acceptors (Lipinski definition) is 6. The molecule has 9 heteroatoms. The molecule has 1 N–H and O–H groups in total. The second-order valence-electron chi connectivity index (χ2n) is 10.5. The number of aromatic nitrogens is 2. The summed E-state index contributed by atoms with van der Waals surface area (Å²) in [5, 5.41) is 12.0. The normalized spacial score (nSPS) is 16.2. The molecule has 0 radical (unpaired) electrons. The van der Waals surface area contributed by atoms with E-state index in [9.17, 15) is 19.5 Å². The molecule has 3 heterocycles. The Balaban J connectivity index is 1.42. The van der Waals surface area contributed by atoms with E-state index in [4.69, 9.17) is 4.98 Å². The first-order chi connectivity index (χ1) is 18.3. The lowest BCUT2D eigenvalue weighted by Gasteiger charge is -2.25. The molecular formula is C29H32N4O4S. The predicted octanol–water partition coefficient (Wildman–Crippen LogP) is 5.63. The summed E-state index contributed by atoms with van der Waals surface area (Å²) in [6.07, 6.45) is 5.36. The van der Waals surface area contributed by atoms with Gasteiger partial charge in [0.1, 0.15) is 5.82 Å². The standard InChI is InChI=1S/C29H32N4O4S/c1-18(2)14-20(15-27(35)36)28(37)33(21-10-11-21)29-31-24(17-38-29)23-7-4-3-6-22(23)19-9-12-25(30-16-19)32-13-5-8-26(32)34/h3-4,6-7,9,12,16-18,20-21H,5,8,10-11,13-15H2,1-2H3,(H,35,36). The van der Waals surface area contributed by atoms with Crippen molar-refractivity contribution in [2.24, 2.45) is 11.8 Å². The van der Waals surface area contributed by atoms with Crippen molar-refractivity contribution < 1.29 is 19.5 Å². The number of nitrogens with zero attached hydrogens (tertiary/aromatic N) is 4. The third-order valence-electron chi connectivity index (χ3n) is 6.99. The Bertz CT molecular complexity index is 1330. The minimum Gasteiger partial charge on any atom is -0.481 e. The number of amides is 2. The molecule has 2 aliphatic rings. The summed E-state index contributed by atoms with van der Waals surface area (Å²) < 4.78 is 0. The highest BCUT2D eigenvalue weighted by molar-refractivity contribution is 7.14. The van der Waals surface area contributed by atoms with E-state index in [1.54, 1.807) is 16.0 Å². The molecule has 1 saturated heterocycles. The first kappa shape index (κ1) is 26.0. The highest BCUT2D eigenvalue weighted by atomic mass is 32.1. The summed E-state index contributed by atoms with van der Waals surface area (Å²) in [6, 6.07) is 11.9. The summed E-state index contributed by atoms with van der Waals surface area (Å²) in [5.74, 6) is -0.683. The number of hydrogen-bond donors (Lipinski definition) is 1. The zero-order valence-corrected chi connectivity index (χ0v) is 22.5. The van der Waals surface area contributed by atoms with Crippen molar-refractivity contribution >= 4 is 40.1 Å². The van der Waals surface area contributed by atoms with Gasteiger partial charge in [-0.3, -0.25) is 24.2 Å². The molecule has 1 atom stereocenters.